The van der Waals surface area contributed by atoms with Crippen LogP contribution in [-0.4, -0.2) is 64.1 Å². The number of nitrogens with zero attached hydrogens (tertiary/aromatic N) is 2. The van der Waals surface area contributed by atoms with Crippen molar-refractivity contribution in [1.29, 1.82) is 0 Å². The second kappa shape index (κ2) is 10.2. The van der Waals surface area contributed by atoms with E-state index >= 15 is 0 Å². The number of unbranched alkanes of at least 4 members (excludes halogenated alkanes) is 1. The molecule has 1 N–H and O–H groups in total. The van der Waals surface area contributed by atoms with Gasteiger partial charge >= 0.3 is 11.9 Å². The predicted molar refractivity (Wildman–Crippen MR) is 120 cm³/mol. The van der Waals surface area contributed by atoms with E-state index in [1.54, 1.807) is 12.1 Å². The monoisotopic (exact) mass is 493 g/mol. The third-order valence-corrected chi connectivity index (χ3v) is 6.86. The van der Waals surface area contributed by atoms with Gasteiger partial charge in [-0.15, -0.1) is 0 Å². The fourth-order valence-corrected chi connectivity index (χ4v) is 4.78. The van der Waals surface area contributed by atoms with Gasteiger partial charge in [0.1, 0.15) is 6.10 Å². The molecule has 0 bridgehead atoms. The Morgan fingerprint density at radius 3 is 2.85 bits per heavy atom. The van der Waals surface area contributed by atoms with E-state index in [-0.39, 0.29) is 31.0 Å². The molecule has 2 fully saturated rings. The van der Waals surface area contributed by atoms with Crippen LogP contribution in [0.25, 0.3) is 11.4 Å². The summed E-state index contributed by atoms with van der Waals surface area (Å²) < 4.78 is 16.2. The molecule has 0 saturated carbocycles. The van der Waals surface area contributed by atoms with Gasteiger partial charge in [-0.05, 0) is 18.6 Å². The maximum atomic E-state index is 12.7. The Morgan fingerprint density at radius 2 is 2.06 bits per heavy atom. The number of aromatic nitrogens is 3. The summed E-state index contributed by atoms with van der Waals surface area (Å²) in [5.41, 5.74) is -0.749. The number of H-pyrrole nitrogens is 1. The number of ether oxygens (including phenoxy) is 3. The van der Waals surface area contributed by atoms with Crippen LogP contribution >= 0.6 is 23.4 Å². The number of carbonyl (C=O) groups is 3. The molecular formula is C22H24ClN3O6S. The number of benzene rings is 1. The molecule has 2 aromatic rings. The summed E-state index contributed by atoms with van der Waals surface area (Å²) in [6.07, 6.45) is 0.546. The normalized spacial score (nSPS) is 24.3. The standard InChI is InChI=1S/C22H24ClN3O6S/c1-2-3-8-30-11-13-9-22(19(28)31-13)10-17(32-20(22)29)16(27)12-33-21-24-18(25-26-21)14-6-4-5-7-15(14)23/h4-7,13,17H,2-3,8-12H2,1H3,(H,24,25,26)/t13-,17?,22+/m0/s1. The molecule has 1 spiro atoms. The zero-order valence-electron chi connectivity index (χ0n) is 18.0. The summed E-state index contributed by atoms with van der Waals surface area (Å²) in [5.74, 6) is -1.23. The number of hydrogen-bond donors (Lipinski definition) is 1. The molecule has 0 radical (unpaired) electrons. The number of rotatable bonds is 10. The molecule has 3 atom stereocenters. The van der Waals surface area contributed by atoms with Crippen LogP contribution in [0.1, 0.15) is 32.6 Å². The number of nitrogens with one attached hydrogen (secondary N) is 1. The number of hydrogen-bond acceptors (Lipinski definition) is 9. The maximum absolute atomic E-state index is 12.7. The van der Waals surface area contributed by atoms with Gasteiger partial charge in [0.25, 0.3) is 0 Å². The molecule has 0 amide bonds. The summed E-state index contributed by atoms with van der Waals surface area (Å²) in [7, 11) is 0. The van der Waals surface area contributed by atoms with Crippen LogP contribution in [0, 0.1) is 5.41 Å². The summed E-state index contributed by atoms with van der Waals surface area (Å²) in [6.45, 7) is 2.85. The van der Waals surface area contributed by atoms with E-state index in [2.05, 4.69) is 22.1 Å². The Balaban J connectivity index is 1.32. The summed E-state index contributed by atoms with van der Waals surface area (Å²) in [6, 6.07) is 7.17. The molecule has 2 aliphatic heterocycles. The van der Waals surface area contributed by atoms with Crippen LogP contribution < -0.4 is 0 Å². The molecule has 1 aromatic carbocycles. The lowest BCUT2D eigenvalue weighted by atomic mass is 9.81. The van der Waals surface area contributed by atoms with E-state index < -0.39 is 29.6 Å². The second-order valence-corrected chi connectivity index (χ2v) is 9.41. The van der Waals surface area contributed by atoms with E-state index in [0.717, 1.165) is 24.6 Å². The van der Waals surface area contributed by atoms with Crippen LogP contribution in [-0.2, 0) is 28.6 Å². The Hall–Kier alpha value is -2.43. The van der Waals surface area contributed by atoms with E-state index in [0.29, 0.717) is 28.2 Å². The lowest BCUT2D eigenvalue weighted by molar-refractivity contribution is -0.159. The van der Waals surface area contributed by atoms with Gasteiger partial charge < -0.3 is 14.2 Å². The Bertz CT molecular complexity index is 1050. The largest absolute Gasteiger partial charge is 0.459 e. The van der Waals surface area contributed by atoms with Crippen molar-refractivity contribution < 1.29 is 28.6 Å². The minimum absolute atomic E-state index is 0.00376. The van der Waals surface area contributed by atoms with Crippen LogP contribution in [0.15, 0.2) is 29.4 Å². The average Bonchev–Trinajstić information content (AvgIpc) is 3.49. The quantitative estimate of drug-likeness (QED) is 0.230. The van der Waals surface area contributed by atoms with Crippen molar-refractivity contribution >= 4 is 41.1 Å². The number of aromatic amines is 1. The number of carbonyl (C=O) groups excluding carboxylic acids is 3. The highest BCUT2D eigenvalue weighted by atomic mass is 35.5. The third-order valence-electron chi connectivity index (χ3n) is 5.65. The Kier molecular flexibility index (Phi) is 7.35. The minimum atomic E-state index is -1.42. The van der Waals surface area contributed by atoms with Crippen molar-refractivity contribution in [3.8, 4) is 11.4 Å². The van der Waals surface area contributed by atoms with Gasteiger partial charge in [0.15, 0.2) is 28.3 Å². The first-order valence-corrected chi connectivity index (χ1v) is 12.1. The van der Waals surface area contributed by atoms with Crippen molar-refractivity contribution in [2.24, 2.45) is 5.41 Å². The molecule has 11 heteroatoms. The number of thioether (sulfide) groups is 1. The van der Waals surface area contributed by atoms with Crippen molar-refractivity contribution in [3.63, 3.8) is 0 Å². The molecular weight excluding hydrogens is 470 g/mol. The lowest BCUT2D eigenvalue weighted by Crippen LogP contribution is -2.32. The van der Waals surface area contributed by atoms with Gasteiger partial charge in [-0.25, -0.2) is 4.98 Å². The van der Waals surface area contributed by atoms with Crippen molar-refractivity contribution in [2.45, 2.75) is 50.0 Å². The molecule has 2 aliphatic rings. The van der Waals surface area contributed by atoms with Crippen LogP contribution in [0.5, 0.6) is 0 Å². The fraction of sp³-hybridized carbons (Fsp3) is 0.500. The van der Waals surface area contributed by atoms with Gasteiger partial charge in [0, 0.05) is 25.0 Å². The molecule has 4 rings (SSSR count). The molecule has 2 saturated heterocycles. The van der Waals surface area contributed by atoms with Crippen LogP contribution in [0.2, 0.25) is 5.02 Å². The van der Waals surface area contributed by atoms with Gasteiger partial charge in [-0.1, -0.05) is 48.8 Å². The van der Waals surface area contributed by atoms with E-state index in [9.17, 15) is 14.4 Å². The summed E-state index contributed by atoms with van der Waals surface area (Å²) in [4.78, 5) is 42.1. The van der Waals surface area contributed by atoms with Gasteiger partial charge in [-0.3, -0.25) is 19.5 Å². The number of cyclic esters (lactones) is 2. The van der Waals surface area contributed by atoms with Gasteiger partial charge in [0.2, 0.25) is 0 Å². The average molecular weight is 494 g/mol. The molecule has 3 heterocycles. The molecule has 1 unspecified atom stereocenters. The number of ketones is 1. The first kappa shape index (κ1) is 23.7. The van der Waals surface area contributed by atoms with E-state index in [4.69, 9.17) is 25.8 Å². The third kappa shape index (κ3) is 5.07. The van der Waals surface area contributed by atoms with Crippen molar-refractivity contribution in [3.05, 3.63) is 29.3 Å². The topological polar surface area (TPSA) is 120 Å². The SMILES string of the molecule is CCCCOC[C@@H]1C[C@@]2(CC(C(=O)CSc3nc(-c4ccccc4Cl)n[nH]3)OC2=O)C(=O)O1. The predicted octanol–water partition coefficient (Wildman–Crippen LogP) is 3.22. The second-order valence-electron chi connectivity index (χ2n) is 8.04. The highest BCUT2D eigenvalue weighted by Gasteiger charge is 2.62. The van der Waals surface area contributed by atoms with Crippen LogP contribution in [0.4, 0.5) is 0 Å². The molecule has 33 heavy (non-hydrogen) atoms. The zero-order valence-corrected chi connectivity index (χ0v) is 19.6. The summed E-state index contributed by atoms with van der Waals surface area (Å²) in [5, 5.41) is 7.86. The van der Waals surface area contributed by atoms with Crippen molar-refractivity contribution in [1.82, 2.24) is 15.2 Å². The smallest absolute Gasteiger partial charge is 0.324 e. The molecule has 0 aliphatic carbocycles. The lowest BCUT2D eigenvalue weighted by Gasteiger charge is -2.12. The fourth-order valence-electron chi connectivity index (χ4n) is 3.84. The minimum Gasteiger partial charge on any atom is -0.459 e. The van der Waals surface area contributed by atoms with Gasteiger partial charge in [-0.2, -0.15) is 5.10 Å². The van der Waals surface area contributed by atoms with E-state index in [1.165, 1.54) is 0 Å². The number of halogens is 1. The molecule has 1 aromatic heterocycles. The van der Waals surface area contributed by atoms with Crippen molar-refractivity contribution in [2.75, 3.05) is 19.0 Å². The summed E-state index contributed by atoms with van der Waals surface area (Å²) >= 11 is 7.31. The first-order chi connectivity index (χ1) is 15.9. The Labute approximate surface area is 199 Å². The highest BCUT2D eigenvalue weighted by Crippen LogP contribution is 2.45. The molecule has 9 nitrogen and oxygen atoms in total. The molecule has 176 valence electrons. The van der Waals surface area contributed by atoms with E-state index in [1.807, 2.05) is 12.1 Å². The van der Waals surface area contributed by atoms with Crippen LogP contribution in [0.3, 0.4) is 0 Å². The highest BCUT2D eigenvalue weighted by molar-refractivity contribution is 7.99. The first-order valence-electron chi connectivity index (χ1n) is 10.8. The maximum Gasteiger partial charge on any atom is 0.324 e. The number of Topliss-reactive ketones (excluding diaryl/α,β-unsaturated/α-hetero) is 1. The van der Waals surface area contributed by atoms with Gasteiger partial charge in [0.05, 0.1) is 17.4 Å². The zero-order chi connectivity index (χ0) is 23.4. The Morgan fingerprint density at radius 1 is 1.27 bits per heavy atom. The number of esters is 2.